The molecule has 0 radical (unpaired) electrons. The van der Waals surface area contributed by atoms with Crippen LogP contribution in [-0.4, -0.2) is 25.0 Å². The van der Waals surface area contributed by atoms with Crippen molar-refractivity contribution in [3.63, 3.8) is 0 Å². The van der Waals surface area contributed by atoms with Gasteiger partial charge in [0.2, 0.25) is 0 Å². The van der Waals surface area contributed by atoms with Crippen LogP contribution in [0.25, 0.3) is 0 Å². The summed E-state index contributed by atoms with van der Waals surface area (Å²) in [6.45, 7) is 2.93. The molecule has 0 saturated carbocycles. The smallest absolute Gasteiger partial charge is 0.120 e. The van der Waals surface area contributed by atoms with E-state index in [1.54, 1.807) is 0 Å². The number of hydrogen-bond donors (Lipinski definition) is 0. The molecule has 0 aliphatic heterocycles. The van der Waals surface area contributed by atoms with E-state index in [9.17, 15) is 0 Å². The van der Waals surface area contributed by atoms with E-state index in [0.717, 1.165) is 6.42 Å². The van der Waals surface area contributed by atoms with Crippen molar-refractivity contribution >= 4 is 12.2 Å². The van der Waals surface area contributed by atoms with E-state index in [4.69, 9.17) is 9.22 Å². The second-order valence-electron chi connectivity index (χ2n) is 3.54. The van der Waals surface area contributed by atoms with Gasteiger partial charge < -0.3 is 0 Å². The molecule has 0 aromatic carbocycles. The molecule has 4 heteroatoms. The van der Waals surface area contributed by atoms with Gasteiger partial charge in [-0.05, 0) is 20.5 Å². The largest absolute Gasteiger partial charge is 0.230 e. The summed E-state index contributed by atoms with van der Waals surface area (Å²) < 4.78 is 6.71. The average molecular weight is 221 g/mol. The minimum atomic E-state index is 0.701. The predicted molar refractivity (Wildman–Crippen MR) is 61.7 cm³/mol. The normalized spacial score (nSPS) is 11.1. The van der Waals surface area contributed by atoms with Gasteiger partial charge in [-0.1, -0.05) is 39.0 Å². The van der Waals surface area contributed by atoms with Gasteiger partial charge in [0.25, 0.3) is 0 Å². The highest BCUT2D eigenvalue weighted by Gasteiger charge is 1.93. The van der Waals surface area contributed by atoms with Crippen LogP contribution in [-0.2, 0) is 9.22 Å². The van der Waals surface area contributed by atoms with Gasteiger partial charge in [0.1, 0.15) is 12.2 Å². The van der Waals surface area contributed by atoms with E-state index in [1.807, 2.05) is 18.4 Å². The van der Waals surface area contributed by atoms with Gasteiger partial charge in [0.15, 0.2) is 0 Å². The summed E-state index contributed by atoms with van der Waals surface area (Å²) in [7, 11) is 3.83. The topological polar surface area (TPSA) is 21.7 Å². The molecular weight excluding hydrogens is 198 g/mol. The Labute approximate surface area is 92.4 Å². The molecule has 0 bridgehead atoms. The zero-order chi connectivity index (χ0) is 10.6. The lowest BCUT2D eigenvalue weighted by atomic mass is 10.1. The summed E-state index contributed by atoms with van der Waals surface area (Å²) in [5, 5.41) is 0. The summed E-state index contributed by atoms with van der Waals surface area (Å²) in [5.74, 6) is 0. The van der Waals surface area contributed by atoms with Crippen LogP contribution in [0, 0.1) is 0 Å². The van der Waals surface area contributed by atoms with E-state index >= 15 is 0 Å². The van der Waals surface area contributed by atoms with Crippen LogP contribution >= 0.6 is 12.2 Å². The fourth-order valence-electron chi connectivity index (χ4n) is 1.06. The summed E-state index contributed by atoms with van der Waals surface area (Å²) in [6.07, 6.45) is 7.67. The maximum atomic E-state index is 4.97. The Kier molecular flexibility index (Phi) is 11.5. The summed E-state index contributed by atoms with van der Waals surface area (Å²) in [5.41, 5.74) is 0. The van der Waals surface area contributed by atoms with Crippen LogP contribution in [0.2, 0.25) is 0 Å². The molecule has 0 saturated heterocycles. The van der Waals surface area contributed by atoms with E-state index in [0.29, 0.717) is 6.61 Å². The number of unbranched alkanes of at least 4 members (excludes halogenated alkanes) is 5. The third kappa shape index (κ3) is 12.2. The first-order valence-electron chi connectivity index (χ1n) is 5.41. The Balaban J connectivity index is 2.85. The van der Waals surface area contributed by atoms with Crippen LogP contribution in [0.15, 0.2) is 0 Å². The van der Waals surface area contributed by atoms with Crippen LogP contribution in [0.3, 0.4) is 0 Å². The zero-order valence-electron chi connectivity index (χ0n) is 9.62. The molecule has 0 unspecified atom stereocenters. The molecule has 0 fully saturated rings. The van der Waals surface area contributed by atoms with Gasteiger partial charge in [-0.15, -0.1) is 4.33 Å². The van der Waals surface area contributed by atoms with Gasteiger partial charge in [-0.2, -0.15) is 0 Å². The van der Waals surface area contributed by atoms with E-state index in [-0.39, 0.29) is 0 Å². The van der Waals surface area contributed by atoms with Crippen LogP contribution < -0.4 is 0 Å². The molecule has 86 valence electrons. The van der Waals surface area contributed by atoms with E-state index in [1.165, 1.54) is 44.3 Å². The van der Waals surface area contributed by atoms with Gasteiger partial charge in [0.05, 0.1) is 6.61 Å². The summed E-state index contributed by atoms with van der Waals surface area (Å²) in [6, 6.07) is 0. The molecule has 0 aliphatic carbocycles. The molecule has 0 aromatic rings. The van der Waals surface area contributed by atoms with Crippen LogP contribution in [0.5, 0.6) is 0 Å². The standard InChI is InChI=1S/C10H23NO2S/c1-4-5-6-7-8-9-10-12-13-14-11(2)3/h4-10H2,1-3H3. The minimum absolute atomic E-state index is 0.701. The Morgan fingerprint density at radius 2 is 1.64 bits per heavy atom. The van der Waals surface area contributed by atoms with Gasteiger partial charge >= 0.3 is 0 Å². The first kappa shape index (κ1) is 14.2. The lowest BCUT2D eigenvalue weighted by Crippen LogP contribution is -2.02. The molecular formula is C10H23NO2S. The van der Waals surface area contributed by atoms with Crippen LogP contribution in [0.1, 0.15) is 45.4 Å². The second kappa shape index (κ2) is 11.3. The molecule has 14 heavy (non-hydrogen) atoms. The first-order chi connectivity index (χ1) is 6.77. The van der Waals surface area contributed by atoms with Crippen molar-refractivity contribution in [2.24, 2.45) is 0 Å². The van der Waals surface area contributed by atoms with Crippen molar-refractivity contribution in [2.75, 3.05) is 20.7 Å². The van der Waals surface area contributed by atoms with Crippen LogP contribution in [0.4, 0.5) is 0 Å². The van der Waals surface area contributed by atoms with Crippen molar-refractivity contribution in [1.82, 2.24) is 4.31 Å². The number of hydrogen-bond acceptors (Lipinski definition) is 4. The molecule has 0 atom stereocenters. The predicted octanol–water partition coefficient (Wildman–Crippen LogP) is 3.42. The maximum absolute atomic E-state index is 4.97. The lowest BCUT2D eigenvalue weighted by molar-refractivity contribution is -0.193. The van der Waals surface area contributed by atoms with Gasteiger partial charge in [0, 0.05) is 0 Å². The molecule has 0 amide bonds. The molecule has 0 heterocycles. The second-order valence-corrected chi connectivity index (χ2v) is 4.56. The Bertz CT molecular complexity index is 112. The van der Waals surface area contributed by atoms with E-state index in [2.05, 4.69) is 6.92 Å². The fourth-order valence-corrected chi connectivity index (χ4v) is 1.29. The average Bonchev–Trinajstić information content (AvgIpc) is 2.15. The maximum Gasteiger partial charge on any atom is 0.120 e. The third-order valence-corrected chi connectivity index (χ3v) is 2.26. The number of nitrogens with zero attached hydrogens (tertiary/aromatic N) is 1. The number of rotatable bonds is 10. The Morgan fingerprint density at radius 1 is 1.00 bits per heavy atom. The van der Waals surface area contributed by atoms with Crippen molar-refractivity contribution in [1.29, 1.82) is 0 Å². The molecule has 0 aliphatic rings. The highest BCUT2D eigenvalue weighted by molar-refractivity contribution is 7.92. The molecule has 0 spiro atoms. The van der Waals surface area contributed by atoms with Gasteiger partial charge in [-0.3, -0.25) is 0 Å². The first-order valence-corrected chi connectivity index (χ1v) is 6.10. The van der Waals surface area contributed by atoms with Crippen molar-refractivity contribution in [3.8, 4) is 0 Å². The Hall–Kier alpha value is 0.230. The molecule has 3 nitrogen and oxygen atoms in total. The van der Waals surface area contributed by atoms with Crippen molar-refractivity contribution in [2.45, 2.75) is 45.4 Å². The Morgan fingerprint density at radius 3 is 2.29 bits per heavy atom. The highest BCUT2D eigenvalue weighted by atomic mass is 32.2. The fraction of sp³-hybridized carbons (Fsp3) is 1.00. The van der Waals surface area contributed by atoms with Crippen molar-refractivity contribution < 1.29 is 9.22 Å². The quantitative estimate of drug-likeness (QED) is 0.185. The van der Waals surface area contributed by atoms with Crippen molar-refractivity contribution in [3.05, 3.63) is 0 Å². The lowest BCUT2D eigenvalue weighted by Gasteiger charge is -2.06. The van der Waals surface area contributed by atoms with Gasteiger partial charge in [-0.25, -0.2) is 9.19 Å². The summed E-state index contributed by atoms with van der Waals surface area (Å²) >= 11 is 1.21. The molecule has 0 aromatic heterocycles. The molecule has 0 rings (SSSR count). The molecule has 0 N–H and O–H groups in total. The highest BCUT2D eigenvalue weighted by Crippen LogP contribution is 2.08. The summed E-state index contributed by atoms with van der Waals surface area (Å²) in [4.78, 5) is 4.97. The minimum Gasteiger partial charge on any atom is -0.230 e. The zero-order valence-corrected chi connectivity index (χ0v) is 10.4. The third-order valence-electron chi connectivity index (χ3n) is 1.81. The van der Waals surface area contributed by atoms with E-state index < -0.39 is 0 Å². The SMILES string of the molecule is CCCCCCCCOOSN(C)C. The monoisotopic (exact) mass is 221 g/mol.